The second kappa shape index (κ2) is 8.70. The molecule has 0 N–H and O–H groups in total. The molecular formula is C21H26ClNO4S. The Morgan fingerprint density at radius 3 is 2.43 bits per heavy atom. The fourth-order valence-corrected chi connectivity index (χ4v) is 5.54. The fraction of sp³-hybridized carbons (Fsp3) is 0.476. The summed E-state index contributed by atoms with van der Waals surface area (Å²) in [6.45, 7) is 4.26. The van der Waals surface area contributed by atoms with Gasteiger partial charge < -0.3 is 9.32 Å². The Kier molecular flexibility index (Phi) is 6.50. The third-order valence-electron chi connectivity index (χ3n) is 5.38. The van der Waals surface area contributed by atoms with Crippen LogP contribution in [0.4, 0.5) is 0 Å². The van der Waals surface area contributed by atoms with Crippen LogP contribution in [0, 0.1) is 5.92 Å². The molecule has 28 heavy (non-hydrogen) atoms. The second-order valence-corrected chi connectivity index (χ2v) is 9.97. The van der Waals surface area contributed by atoms with Gasteiger partial charge in [-0.25, -0.2) is 8.42 Å². The number of carbonyl (C=O) groups excluding carboxylic acids is 1. The molecule has 3 rings (SSSR count). The van der Waals surface area contributed by atoms with Crippen LogP contribution in [0.1, 0.15) is 38.9 Å². The third kappa shape index (κ3) is 4.78. The standard InChI is InChI=1S/C21H26ClNO4S/c1-3-15(4-2)21(24)23(18-11-12-28(25,26)14-18)13-19-9-10-20(27-19)16-5-7-17(22)8-6-16/h5-10,15,18H,3-4,11-14H2,1-2H3. The molecule has 0 radical (unpaired) electrons. The lowest BCUT2D eigenvalue weighted by Crippen LogP contribution is -2.43. The number of furan rings is 1. The Morgan fingerprint density at radius 2 is 1.86 bits per heavy atom. The van der Waals surface area contributed by atoms with Crippen molar-refractivity contribution < 1.29 is 17.6 Å². The van der Waals surface area contributed by atoms with Gasteiger partial charge in [0.15, 0.2) is 9.84 Å². The van der Waals surface area contributed by atoms with E-state index in [-0.39, 0.29) is 35.9 Å². The fourth-order valence-electron chi connectivity index (χ4n) is 3.68. The highest BCUT2D eigenvalue weighted by Gasteiger charge is 2.36. The topological polar surface area (TPSA) is 67.6 Å². The molecule has 152 valence electrons. The Morgan fingerprint density at radius 1 is 1.18 bits per heavy atom. The van der Waals surface area contributed by atoms with Crippen LogP contribution in [0.15, 0.2) is 40.8 Å². The molecule has 0 spiro atoms. The minimum atomic E-state index is -3.08. The smallest absolute Gasteiger partial charge is 0.226 e. The van der Waals surface area contributed by atoms with Gasteiger partial charge in [0.1, 0.15) is 11.5 Å². The minimum absolute atomic E-state index is 0.0107. The number of hydrogen-bond acceptors (Lipinski definition) is 4. The zero-order valence-corrected chi connectivity index (χ0v) is 17.8. The highest BCUT2D eigenvalue weighted by atomic mass is 35.5. The summed E-state index contributed by atoms with van der Waals surface area (Å²) in [4.78, 5) is 14.8. The van der Waals surface area contributed by atoms with Crippen LogP contribution in [0.5, 0.6) is 0 Å². The van der Waals surface area contributed by atoms with Crippen LogP contribution >= 0.6 is 11.6 Å². The molecule has 1 aliphatic heterocycles. The van der Waals surface area contributed by atoms with Gasteiger partial charge in [0, 0.05) is 22.5 Å². The first-order valence-corrected chi connectivity index (χ1v) is 11.9. The van der Waals surface area contributed by atoms with Crippen LogP contribution in [-0.2, 0) is 21.2 Å². The predicted octanol–water partition coefficient (Wildman–Crippen LogP) is 4.55. The molecule has 0 bridgehead atoms. The monoisotopic (exact) mass is 423 g/mol. The van der Waals surface area contributed by atoms with Gasteiger partial charge in [-0.05, 0) is 55.7 Å². The molecule has 1 saturated heterocycles. The number of halogens is 1. The lowest BCUT2D eigenvalue weighted by atomic mass is 10.0. The zero-order chi connectivity index (χ0) is 20.3. The maximum absolute atomic E-state index is 13.1. The first kappa shape index (κ1) is 20.9. The molecule has 2 heterocycles. The first-order valence-electron chi connectivity index (χ1n) is 9.68. The summed E-state index contributed by atoms with van der Waals surface area (Å²) in [6.07, 6.45) is 1.96. The van der Waals surface area contributed by atoms with Gasteiger partial charge in [-0.3, -0.25) is 4.79 Å². The van der Waals surface area contributed by atoms with E-state index in [1.54, 1.807) is 17.0 Å². The van der Waals surface area contributed by atoms with Gasteiger partial charge >= 0.3 is 0 Å². The molecule has 1 aliphatic rings. The van der Waals surface area contributed by atoms with E-state index in [1.807, 2.05) is 38.1 Å². The summed E-state index contributed by atoms with van der Waals surface area (Å²) in [5.74, 6) is 1.42. The molecule has 1 aromatic carbocycles. The number of rotatable bonds is 7. The normalized spacial score (nSPS) is 18.5. The van der Waals surface area contributed by atoms with Crippen LogP contribution in [-0.4, -0.2) is 36.8 Å². The molecular weight excluding hydrogens is 398 g/mol. The minimum Gasteiger partial charge on any atom is -0.459 e. The van der Waals surface area contributed by atoms with Crippen molar-refractivity contribution >= 4 is 27.3 Å². The van der Waals surface area contributed by atoms with E-state index in [4.69, 9.17) is 16.0 Å². The van der Waals surface area contributed by atoms with Gasteiger partial charge in [0.2, 0.25) is 5.91 Å². The lowest BCUT2D eigenvalue weighted by Gasteiger charge is -2.30. The Balaban J connectivity index is 1.83. The molecule has 1 amide bonds. The molecule has 1 unspecified atom stereocenters. The van der Waals surface area contributed by atoms with E-state index >= 15 is 0 Å². The van der Waals surface area contributed by atoms with E-state index in [1.165, 1.54) is 0 Å². The van der Waals surface area contributed by atoms with Crippen molar-refractivity contribution in [2.75, 3.05) is 11.5 Å². The summed E-state index contributed by atoms with van der Waals surface area (Å²) < 4.78 is 29.9. The van der Waals surface area contributed by atoms with Crippen molar-refractivity contribution in [3.8, 4) is 11.3 Å². The Bertz CT molecular complexity index is 916. The maximum atomic E-state index is 13.1. The molecule has 7 heteroatoms. The van der Waals surface area contributed by atoms with Crippen LogP contribution in [0.2, 0.25) is 5.02 Å². The Hall–Kier alpha value is -1.79. The summed E-state index contributed by atoms with van der Waals surface area (Å²) in [5, 5.41) is 0.653. The molecule has 0 saturated carbocycles. The van der Waals surface area contributed by atoms with E-state index in [9.17, 15) is 13.2 Å². The van der Waals surface area contributed by atoms with Gasteiger partial charge in [0.25, 0.3) is 0 Å². The van der Waals surface area contributed by atoms with E-state index in [0.29, 0.717) is 23.0 Å². The summed E-state index contributed by atoms with van der Waals surface area (Å²) >= 11 is 5.94. The average Bonchev–Trinajstić information content (AvgIpc) is 3.27. The number of hydrogen-bond donors (Lipinski definition) is 0. The number of nitrogens with zero attached hydrogens (tertiary/aromatic N) is 1. The number of carbonyl (C=O) groups is 1. The molecule has 2 aromatic rings. The quantitative estimate of drug-likeness (QED) is 0.655. The van der Waals surface area contributed by atoms with Crippen LogP contribution in [0.25, 0.3) is 11.3 Å². The van der Waals surface area contributed by atoms with Crippen molar-refractivity contribution in [2.24, 2.45) is 5.92 Å². The summed E-state index contributed by atoms with van der Waals surface area (Å²) in [5.41, 5.74) is 0.900. The average molecular weight is 424 g/mol. The van der Waals surface area contributed by atoms with E-state index < -0.39 is 9.84 Å². The van der Waals surface area contributed by atoms with Crippen LogP contribution in [0.3, 0.4) is 0 Å². The highest BCUT2D eigenvalue weighted by Crippen LogP contribution is 2.28. The zero-order valence-electron chi connectivity index (χ0n) is 16.2. The molecule has 1 fully saturated rings. The summed E-state index contributed by atoms with van der Waals surface area (Å²) in [7, 11) is -3.08. The van der Waals surface area contributed by atoms with Crippen LogP contribution < -0.4 is 0 Å². The van der Waals surface area contributed by atoms with Crippen molar-refractivity contribution in [3.05, 3.63) is 47.2 Å². The predicted molar refractivity (Wildman–Crippen MR) is 111 cm³/mol. The van der Waals surface area contributed by atoms with E-state index in [0.717, 1.165) is 18.4 Å². The van der Waals surface area contributed by atoms with Gasteiger partial charge in [-0.2, -0.15) is 0 Å². The van der Waals surface area contributed by atoms with Crippen molar-refractivity contribution in [3.63, 3.8) is 0 Å². The number of benzene rings is 1. The lowest BCUT2D eigenvalue weighted by molar-refractivity contribution is -0.138. The highest BCUT2D eigenvalue weighted by molar-refractivity contribution is 7.91. The third-order valence-corrected chi connectivity index (χ3v) is 7.39. The second-order valence-electron chi connectivity index (χ2n) is 7.31. The van der Waals surface area contributed by atoms with Crippen molar-refractivity contribution in [1.29, 1.82) is 0 Å². The SMILES string of the molecule is CCC(CC)C(=O)N(Cc1ccc(-c2ccc(Cl)cc2)o1)C1CCS(=O)(=O)C1. The van der Waals surface area contributed by atoms with E-state index in [2.05, 4.69) is 0 Å². The first-order chi connectivity index (χ1) is 13.3. The molecule has 5 nitrogen and oxygen atoms in total. The number of sulfone groups is 1. The largest absolute Gasteiger partial charge is 0.459 e. The maximum Gasteiger partial charge on any atom is 0.226 e. The van der Waals surface area contributed by atoms with Crippen molar-refractivity contribution in [1.82, 2.24) is 4.90 Å². The number of amides is 1. The van der Waals surface area contributed by atoms with Gasteiger partial charge in [0.05, 0.1) is 18.1 Å². The van der Waals surface area contributed by atoms with Crippen molar-refractivity contribution in [2.45, 2.75) is 45.7 Å². The Labute approximate surface area is 171 Å². The molecule has 1 atom stereocenters. The molecule has 1 aromatic heterocycles. The van der Waals surface area contributed by atoms with Gasteiger partial charge in [-0.15, -0.1) is 0 Å². The summed E-state index contributed by atoms with van der Waals surface area (Å²) in [6, 6.07) is 10.8. The van der Waals surface area contributed by atoms with Gasteiger partial charge in [-0.1, -0.05) is 25.4 Å². The molecule has 0 aliphatic carbocycles.